The molecule has 1 aliphatic heterocycles. The van der Waals surface area contributed by atoms with Crippen molar-refractivity contribution in [1.82, 2.24) is 4.90 Å². The highest BCUT2D eigenvalue weighted by Crippen LogP contribution is 2.46. The summed E-state index contributed by atoms with van der Waals surface area (Å²) in [7, 11) is 0. The van der Waals surface area contributed by atoms with Crippen molar-refractivity contribution in [2.24, 2.45) is 11.8 Å². The molecule has 1 aromatic rings. The lowest BCUT2D eigenvalue weighted by molar-refractivity contribution is 0.217. The van der Waals surface area contributed by atoms with Crippen LogP contribution >= 0.6 is 0 Å². The molecule has 1 heteroatoms. The van der Waals surface area contributed by atoms with Gasteiger partial charge in [0.25, 0.3) is 0 Å². The van der Waals surface area contributed by atoms with Gasteiger partial charge in [0.1, 0.15) is 0 Å². The smallest absolute Gasteiger partial charge is 0.0379 e. The average molecular weight is 253 g/mol. The highest BCUT2D eigenvalue weighted by molar-refractivity contribution is 5.71. The monoisotopic (exact) mass is 253 g/mol. The van der Waals surface area contributed by atoms with Crippen molar-refractivity contribution in [1.29, 1.82) is 0 Å². The van der Waals surface area contributed by atoms with Crippen LogP contribution in [0.1, 0.15) is 37.7 Å². The van der Waals surface area contributed by atoms with Gasteiger partial charge in [-0.3, -0.25) is 4.90 Å². The lowest BCUT2D eigenvalue weighted by Crippen LogP contribution is -2.40. The summed E-state index contributed by atoms with van der Waals surface area (Å²) in [5, 5.41) is 0. The number of rotatable bonds is 2. The molecule has 1 heterocycles. The SMILES string of the molecule is C1=C(c2ccccc2)[C@H](N2CCCC2)[C@H]2CC[C@H]1C2. The summed E-state index contributed by atoms with van der Waals surface area (Å²) >= 11 is 0. The maximum Gasteiger partial charge on any atom is 0.0379 e. The summed E-state index contributed by atoms with van der Waals surface area (Å²) < 4.78 is 0. The van der Waals surface area contributed by atoms with Crippen LogP contribution in [-0.4, -0.2) is 24.0 Å². The Labute approximate surface area is 116 Å². The van der Waals surface area contributed by atoms with Gasteiger partial charge in [0.05, 0.1) is 0 Å². The normalized spacial score (nSPS) is 34.5. The van der Waals surface area contributed by atoms with E-state index in [9.17, 15) is 0 Å². The maximum absolute atomic E-state index is 2.77. The maximum atomic E-state index is 2.77. The second-order valence-corrected chi connectivity index (χ2v) is 6.51. The molecule has 0 radical (unpaired) electrons. The molecule has 3 atom stereocenters. The van der Waals surface area contributed by atoms with Crippen molar-refractivity contribution >= 4 is 5.57 Å². The van der Waals surface area contributed by atoms with Gasteiger partial charge in [-0.15, -0.1) is 0 Å². The standard InChI is InChI=1S/C18H23N/c1-2-6-15(7-3-1)17-13-14-8-9-16(12-14)18(17)19-10-4-5-11-19/h1-3,6-7,13-14,16,18H,4-5,8-12H2/t14-,16-,18+/m0/s1. The molecule has 19 heavy (non-hydrogen) atoms. The molecule has 2 bridgehead atoms. The molecule has 1 aromatic carbocycles. The number of likely N-dealkylation sites (tertiary alicyclic amines) is 1. The van der Waals surface area contributed by atoms with Crippen molar-refractivity contribution in [3.63, 3.8) is 0 Å². The van der Waals surface area contributed by atoms with E-state index >= 15 is 0 Å². The minimum atomic E-state index is 0.712. The van der Waals surface area contributed by atoms with Crippen molar-refractivity contribution in [3.05, 3.63) is 42.0 Å². The van der Waals surface area contributed by atoms with E-state index in [1.165, 1.54) is 50.8 Å². The number of fused-ring (bicyclic) bond motifs is 2. The van der Waals surface area contributed by atoms with Gasteiger partial charge in [-0.05, 0) is 68.2 Å². The molecular formula is C18H23N. The van der Waals surface area contributed by atoms with E-state index in [1.54, 1.807) is 5.57 Å². The van der Waals surface area contributed by atoms with E-state index < -0.39 is 0 Å². The Hall–Kier alpha value is -1.08. The zero-order valence-electron chi connectivity index (χ0n) is 11.6. The largest absolute Gasteiger partial charge is 0.296 e. The predicted octanol–water partition coefficient (Wildman–Crippen LogP) is 3.96. The van der Waals surface area contributed by atoms with Gasteiger partial charge in [-0.25, -0.2) is 0 Å². The van der Waals surface area contributed by atoms with Crippen molar-refractivity contribution in [2.45, 2.75) is 38.1 Å². The van der Waals surface area contributed by atoms with E-state index in [1.807, 2.05) is 0 Å². The van der Waals surface area contributed by atoms with Crippen LogP contribution in [0.2, 0.25) is 0 Å². The fourth-order valence-corrected chi connectivity index (χ4v) is 4.51. The zero-order valence-corrected chi connectivity index (χ0v) is 11.6. The van der Waals surface area contributed by atoms with Gasteiger partial charge in [-0.2, -0.15) is 0 Å². The summed E-state index contributed by atoms with van der Waals surface area (Å²) in [6.07, 6.45) is 9.72. The van der Waals surface area contributed by atoms with Crippen molar-refractivity contribution in [3.8, 4) is 0 Å². The fourth-order valence-electron chi connectivity index (χ4n) is 4.51. The number of benzene rings is 1. The number of hydrogen-bond acceptors (Lipinski definition) is 1. The Morgan fingerprint density at radius 2 is 1.74 bits per heavy atom. The van der Waals surface area contributed by atoms with Crippen molar-refractivity contribution in [2.75, 3.05) is 13.1 Å². The first kappa shape index (κ1) is 11.7. The van der Waals surface area contributed by atoms with Crippen LogP contribution in [0.15, 0.2) is 36.4 Å². The molecule has 3 aliphatic rings. The van der Waals surface area contributed by atoms with Crippen LogP contribution < -0.4 is 0 Å². The number of nitrogens with zero attached hydrogens (tertiary/aromatic N) is 1. The lowest BCUT2D eigenvalue weighted by atomic mass is 9.81. The molecule has 0 spiro atoms. The topological polar surface area (TPSA) is 3.24 Å². The fraction of sp³-hybridized carbons (Fsp3) is 0.556. The summed E-state index contributed by atoms with van der Waals surface area (Å²) in [5.74, 6) is 1.78. The third-order valence-electron chi connectivity index (χ3n) is 5.34. The van der Waals surface area contributed by atoms with Crippen LogP contribution in [0.25, 0.3) is 5.57 Å². The van der Waals surface area contributed by atoms with Crippen LogP contribution in [0.5, 0.6) is 0 Å². The summed E-state index contributed by atoms with van der Waals surface area (Å²) in [4.78, 5) is 2.77. The number of hydrogen-bond donors (Lipinski definition) is 0. The minimum Gasteiger partial charge on any atom is -0.296 e. The lowest BCUT2D eigenvalue weighted by Gasteiger charge is -2.37. The van der Waals surface area contributed by atoms with Gasteiger partial charge >= 0.3 is 0 Å². The van der Waals surface area contributed by atoms with E-state index in [2.05, 4.69) is 41.3 Å². The van der Waals surface area contributed by atoms with Crippen LogP contribution in [-0.2, 0) is 0 Å². The second kappa shape index (κ2) is 4.79. The van der Waals surface area contributed by atoms with E-state index in [4.69, 9.17) is 0 Å². The minimum absolute atomic E-state index is 0.712. The molecule has 1 saturated carbocycles. The molecule has 0 aromatic heterocycles. The summed E-state index contributed by atoms with van der Waals surface area (Å²) in [5.41, 5.74) is 3.11. The van der Waals surface area contributed by atoms with E-state index in [0.29, 0.717) is 6.04 Å². The molecule has 1 nitrogen and oxygen atoms in total. The molecule has 4 rings (SSSR count). The summed E-state index contributed by atoms with van der Waals surface area (Å²) in [6.45, 7) is 2.63. The molecule has 0 N–H and O–H groups in total. The van der Waals surface area contributed by atoms with Gasteiger partial charge in [0.2, 0.25) is 0 Å². The van der Waals surface area contributed by atoms with E-state index in [0.717, 1.165) is 11.8 Å². The Balaban J connectivity index is 1.72. The highest BCUT2D eigenvalue weighted by Gasteiger charge is 2.40. The van der Waals surface area contributed by atoms with Gasteiger partial charge in [0.15, 0.2) is 0 Å². The van der Waals surface area contributed by atoms with Gasteiger partial charge < -0.3 is 0 Å². The third kappa shape index (κ3) is 2.04. The second-order valence-electron chi connectivity index (χ2n) is 6.51. The molecular weight excluding hydrogens is 230 g/mol. The molecule has 2 aliphatic carbocycles. The zero-order chi connectivity index (χ0) is 12.7. The Bertz CT molecular complexity index is 470. The Morgan fingerprint density at radius 1 is 0.947 bits per heavy atom. The van der Waals surface area contributed by atoms with Crippen LogP contribution in [0.4, 0.5) is 0 Å². The van der Waals surface area contributed by atoms with E-state index in [-0.39, 0.29) is 0 Å². The van der Waals surface area contributed by atoms with Crippen molar-refractivity contribution < 1.29 is 0 Å². The summed E-state index contributed by atoms with van der Waals surface area (Å²) in [6, 6.07) is 11.8. The highest BCUT2D eigenvalue weighted by atomic mass is 15.2. The van der Waals surface area contributed by atoms with Gasteiger partial charge in [-0.1, -0.05) is 36.4 Å². The quantitative estimate of drug-likeness (QED) is 0.771. The first-order valence-corrected chi connectivity index (χ1v) is 7.93. The average Bonchev–Trinajstić information content (AvgIpc) is 3.11. The number of allylic oxidation sites excluding steroid dienone is 1. The Kier molecular flexibility index (Phi) is 2.96. The van der Waals surface area contributed by atoms with Crippen LogP contribution in [0.3, 0.4) is 0 Å². The first-order valence-electron chi connectivity index (χ1n) is 7.93. The molecule has 0 amide bonds. The molecule has 1 saturated heterocycles. The Morgan fingerprint density at radius 3 is 2.53 bits per heavy atom. The van der Waals surface area contributed by atoms with Crippen LogP contribution in [0, 0.1) is 11.8 Å². The first-order chi connectivity index (χ1) is 9.42. The molecule has 0 unspecified atom stereocenters. The molecule has 2 fully saturated rings. The third-order valence-corrected chi connectivity index (χ3v) is 5.34. The predicted molar refractivity (Wildman–Crippen MR) is 79.8 cm³/mol. The molecule has 100 valence electrons. The van der Waals surface area contributed by atoms with Gasteiger partial charge in [0, 0.05) is 6.04 Å².